The number of hydrogen-bond acceptors (Lipinski definition) is 3. The maximum Gasteiger partial charge on any atom is 0.0224 e. The summed E-state index contributed by atoms with van der Waals surface area (Å²) >= 11 is 0. The molecule has 2 fully saturated rings. The van der Waals surface area contributed by atoms with E-state index in [1.54, 1.807) is 0 Å². The zero-order chi connectivity index (χ0) is 12.8. The van der Waals surface area contributed by atoms with Crippen LogP contribution in [0.25, 0.3) is 0 Å². The number of unbranched alkanes of at least 4 members (excludes halogenated alkanes) is 2. The smallest absolute Gasteiger partial charge is 0.0224 e. The minimum atomic E-state index is 0.747. The number of nitrogens with zero attached hydrogens (tertiary/aromatic N) is 2. The van der Waals surface area contributed by atoms with Crippen molar-refractivity contribution >= 4 is 0 Å². The van der Waals surface area contributed by atoms with E-state index in [9.17, 15) is 0 Å². The molecule has 2 aliphatic rings. The van der Waals surface area contributed by atoms with Crippen molar-refractivity contribution in [3.8, 4) is 0 Å². The first-order valence-electron chi connectivity index (χ1n) is 8.00. The van der Waals surface area contributed by atoms with Crippen molar-refractivity contribution in [3.05, 3.63) is 0 Å². The Morgan fingerprint density at radius 3 is 2.89 bits per heavy atom. The molecule has 2 aliphatic heterocycles. The van der Waals surface area contributed by atoms with E-state index in [0.717, 1.165) is 12.1 Å². The lowest BCUT2D eigenvalue weighted by molar-refractivity contribution is 0.0604. The highest BCUT2D eigenvalue weighted by molar-refractivity contribution is 4.90. The van der Waals surface area contributed by atoms with Crippen molar-refractivity contribution in [3.63, 3.8) is 0 Å². The summed E-state index contributed by atoms with van der Waals surface area (Å²) in [5.41, 5.74) is 0. The molecule has 0 aromatic carbocycles. The summed E-state index contributed by atoms with van der Waals surface area (Å²) in [5, 5.41) is 3.59. The molecule has 2 heterocycles. The van der Waals surface area contributed by atoms with Crippen LogP contribution in [0.15, 0.2) is 0 Å². The zero-order valence-electron chi connectivity index (χ0n) is 12.3. The van der Waals surface area contributed by atoms with Gasteiger partial charge in [0, 0.05) is 38.3 Å². The van der Waals surface area contributed by atoms with E-state index in [4.69, 9.17) is 0 Å². The van der Waals surface area contributed by atoms with Crippen molar-refractivity contribution in [2.45, 2.75) is 58.0 Å². The van der Waals surface area contributed by atoms with Crippen LogP contribution in [-0.4, -0.2) is 61.2 Å². The van der Waals surface area contributed by atoms with Crippen molar-refractivity contribution in [1.82, 2.24) is 15.1 Å². The van der Waals surface area contributed by atoms with Gasteiger partial charge in [0.05, 0.1) is 0 Å². The van der Waals surface area contributed by atoms with Crippen molar-refractivity contribution in [1.29, 1.82) is 0 Å². The molecule has 2 rings (SSSR count). The third kappa shape index (κ3) is 3.94. The first kappa shape index (κ1) is 14.3. The highest BCUT2D eigenvalue weighted by Gasteiger charge is 2.33. The third-order valence-electron chi connectivity index (χ3n) is 4.60. The molecule has 0 spiro atoms. The summed E-state index contributed by atoms with van der Waals surface area (Å²) in [4.78, 5) is 5.40. The molecule has 0 aromatic rings. The molecule has 18 heavy (non-hydrogen) atoms. The summed E-state index contributed by atoms with van der Waals surface area (Å²) in [7, 11) is 0. The van der Waals surface area contributed by atoms with Crippen molar-refractivity contribution in [2.24, 2.45) is 0 Å². The molecule has 3 heteroatoms. The van der Waals surface area contributed by atoms with E-state index in [-0.39, 0.29) is 0 Å². The molecular weight excluding hydrogens is 222 g/mol. The predicted molar refractivity (Wildman–Crippen MR) is 78.0 cm³/mol. The van der Waals surface area contributed by atoms with Crippen LogP contribution in [0.1, 0.15) is 46.0 Å². The van der Waals surface area contributed by atoms with Crippen LogP contribution >= 0.6 is 0 Å². The lowest BCUT2D eigenvalue weighted by atomic mass is 10.1. The molecule has 1 N–H and O–H groups in total. The van der Waals surface area contributed by atoms with Gasteiger partial charge in [-0.3, -0.25) is 9.80 Å². The Hall–Kier alpha value is -0.120. The largest absolute Gasteiger partial charge is 0.315 e. The van der Waals surface area contributed by atoms with Gasteiger partial charge in [0.1, 0.15) is 0 Å². The molecular formula is C15H31N3. The molecule has 0 aliphatic carbocycles. The van der Waals surface area contributed by atoms with E-state index >= 15 is 0 Å². The van der Waals surface area contributed by atoms with Gasteiger partial charge >= 0.3 is 0 Å². The maximum absolute atomic E-state index is 3.59. The fraction of sp³-hybridized carbons (Fsp3) is 1.00. The molecule has 0 radical (unpaired) electrons. The number of hydrogen-bond donors (Lipinski definition) is 1. The highest BCUT2D eigenvalue weighted by Crippen LogP contribution is 2.23. The predicted octanol–water partition coefficient (Wildman–Crippen LogP) is 1.93. The van der Waals surface area contributed by atoms with Gasteiger partial charge in [0.2, 0.25) is 0 Å². The second kappa shape index (κ2) is 7.46. The van der Waals surface area contributed by atoms with Crippen LogP contribution in [0.5, 0.6) is 0 Å². The van der Waals surface area contributed by atoms with Crippen LogP contribution in [-0.2, 0) is 0 Å². The molecule has 106 valence electrons. The Labute approximate surface area is 113 Å². The maximum atomic E-state index is 3.59. The Morgan fingerprint density at radius 2 is 2.06 bits per heavy atom. The summed E-state index contributed by atoms with van der Waals surface area (Å²) in [6.45, 7) is 12.2. The molecule has 0 bridgehead atoms. The number of rotatable bonds is 7. The van der Waals surface area contributed by atoms with E-state index < -0.39 is 0 Å². The molecule has 2 saturated heterocycles. The lowest BCUT2D eigenvalue weighted by Gasteiger charge is -2.42. The van der Waals surface area contributed by atoms with Gasteiger partial charge in [-0.25, -0.2) is 0 Å². The highest BCUT2D eigenvalue weighted by atomic mass is 15.3. The molecule has 0 amide bonds. The topological polar surface area (TPSA) is 18.5 Å². The Bertz CT molecular complexity index is 232. The van der Waals surface area contributed by atoms with Crippen LogP contribution < -0.4 is 5.32 Å². The second-order valence-electron chi connectivity index (χ2n) is 6.09. The summed E-state index contributed by atoms with van der Waals surface area (Å²) < 4.78 is 0. The molecule has 0 aromatic heterocycles. The summed E-state index contributed by atoms with van der Waals surface area (Å²) in [5.74, 6) is 0. The Morgan fingerprint density at radius 1 is 1.17 bits per heavy atom. The number of piperazine rings is 1. The van der Waals surface area contributed by atoms with E-state index in [1.165, 1.54) is 71.4 Å². The van der Waals surface area contributed by atoms with Crippen LogP contribution in [0.3, 0.4) is 0 Å². The third-order valence-corrected chi connectivity index (χ3v) is 4.60. The van der Waals surface area contributed by atoms with Crippen LogP contribution in [0, 0.1) is 0 Å². The fourth-order valence-electron chi connectivity index (χ4n) is 3.41. The zero-order valence-corrected chi connectivity index (χ0v) is 12.3. The standard InChI is InChI=1S/C15H31N3/c1-3-4-5-8-16-9-11-17-13-15-7-6-10-18(15)12-14(17)2/h14-16H,3-13H2,1-2H3. The van der Waals surface area contributed by atoms with Crippen LogP contribution in [0.2, 0.25) is 0 Å². The molecule has 2 atom stereocenters. The van der Waals surface area contributed by atoms with Crippen molar-refractivity contribution < 1.29 is 0 Å². The fourth-order valence-corrected chi connectivity index (χ4v) is 3.41. The number of nitrogens with one attached hydrogen (secondary N) is 1. The van der Waals surface area contributed by atoms with Gasteiger partial charge < -0.3 is 5.32 Å². The summed E-state index contributed by atoms with van der Waals surface area (Å²) in [6, 6.07) is 1.61. The minimum absolute atomic E-state index is 0.747. The normalized spacial score (nSPS) is 29.7. The van der Waals surface area contributed by atoms with Gasteiger partial charge in [0.15, 0.2) is 0 Å². The lowest BCUT2D eigenvalue weighted by Crippen LogP contribution is -2.56. The Kier molecular flexibility index (Phi) is 5.93. The average molecular weight is 253 g/mol. The SMILES string of the molecule is CCCCCNCCN1CC2CCCN2CC1C. The molecule has 2 unspecified atom stereocenters. The van der Waals surface area contributed by atoms with Gasteiger partial charge in [-0.2, -0.15) is 0 Å². The van der Waals surface area contributed by atoms with Crippen molar-refractivity contribution in [2.75, 3.05) is 39.3 Å². The summed E-state index contributed by atoms with van der Waals surface area (Å²) in [6.07, 6.45) is 6.86. The Balaban J connectivity index is 1.60. The van der Waals surface area contributed by atoms with E-state index in [2.05, 4.69) is 29.0 Å². The van der Waals surface area contributed by atoms with Gasteiger partial charge in [-0.15, -0.1) is 0 Å². The van der Waals surface area contributed by atoms with E-state index in [1.807, 2.05) is 0 Å². The first-order chi connectivity index (χ1) is 8.81. The van der Waals surface area contributed by atoms with Gasteiger partial charge in [-0.05, 0) is 39.3 Å². The average Bonchev–Trinajstić information content (AvgIpc) is 2.80. The second-order valence-corrected chi connectivity index (χ2v) is 6.09. The minimum Gasteiger partial charge on any atom is -0.315 e. The monoisotopic (exact) mass is 253 g/mol. The van der Waals surface area contributed by atoms with Crippen LogP contribution in [0.4, 0.5) is 0 Å². The molecule has 0 saturated carbocycles. The number of fused-ring (bicyclic) bond motifs is 1. The van der Waals surface area contributed by atoms with Gasteiger partial charge in [-0.1, -0.05) is 19.8 Å². The first-order valence-corrected chi connectivity index (χ1v) is 8.00. The van der Waals surface area contributed by atoms with E-state index in [0.29, 0.717) is 0 Å². The molecule has 3 nitrogen and oxygen atoms in total. The quantitative estimate of drug-likeness (QED) is 0.700. The van der Waals surface area contributed by atoms with Gasteiger partial charge in [0.25, 0.3) is 0 Å².